The number of halogens is 1. The second kappa shape index (κ2) is 11.1. The molecule has 0 aliphatic heterocycles. The number of nitrogens with one attached hydrogen (secondary N) is 2. The number of methoxy groups -OCH3 is 1. The highest BCUT2D eigenvalue weighted by atomic mass is 127. The summed E-state index contributed by atoms with van der Waals surface area (Å²) in [5.74, 6) is 1.80. The Labute approximate surface area is 167 Å². The lowest BCUT2D eigenvalue weighted by atomic mass is 10.1. The van der Waals surface area contributed by atoms with Gasteiger partial charge in [-0.15, -0.1) is 24.0 Å². The van der Waals surface area contributed by atoms with Crippen molar-refractivity contribution in [3.63, 3.8) is 0 Å². The van der Waals surface area contributed by atoms with E-state index in [9.17, 15) is 0 Å². The second-order valence-corrected chi connectivity index (χ2v) is 5.85. The standard InChI is InChI=1S/C18H27N5O.HI/c1-14(13-24-4)22-18(19-3)21-11-16-6-5-7-17(10-16)12-23-9-8-20-15(23)2;/h5-10,14H,11-13H2,1-4H3,(H2,19,21,22);1H. The van der Waals surface area contributed by atoms with Gasteiger partial charge in [-0.1, -0.05) is 24.3 Å². The number of imidazole rings is 1. The zero-order valence-electron chi connectivity index (χ0n) is 15.3. The van der Waals surface area contributed by atoms with Gasteiger partial charge in [0, 0.05) is 45.7 Å². The summed E-state index contributed by atoms with van der Waals surface area (Å²) in [6, 6.07) is 8.75. The zero-order valence-corrected chi connectivity index (χ0v) is 17.7. The SMILES string of the molecule is CN=C(NCc1cccc(Cn2ccnc2C)c1)NC(C)COC.I. The summed E-state index contributed by atoms with van der Waals surface area (Å²) >= 11 is 0. The average Bonchev–Trinajstić information content (AvgIpc) is 2.97. The van der Waals surface area contributed by atoms with Crippen LogP contribution in [-0.4, -0.2) is 42.3 Å². The largest absolute Gasteiger partial charge is 0.383 e. The number of aromatic nitrogens is 2. The van der Waals surface area contributed by atoms with Gasteiger partial charge >= 0.3 is 0 Å². The Morgan fingerprint density at radius 1 is 1.36 bits per heavy atom. The summed E-state index contributed by atoms with van der Waals surface area (Å²) in [6.45, 7) is 6.26. The van der Waals surface area contributed by atoms with Gasteiger partial charge in [0.05, 0.1) is 6.61 Å². The topological polar surface area (TPSA) is 63.5 Å². The van der Waals surface area contributed by atoms with Gasteiger partial charge in [0.15, 0.2) is 5.96 Å². The van der Waals surface area contributed by atoms with Crippen molar-refractivity contribution >= 4 is 29.9 Å². The first-order chi connectivity index (χ1) is 11.6. The molecule has 0 saturated heterocycles. The van der Waals surface area contributed by atoms with E-state index in [4.69, 9.17) is 4.74 Å². The molecule has 1 atom stereocenters. The molecule has 0 radical (unpaired) electrons. The van der Waals surface area contributed by atoms with Crippen molar-refractivity contribution in [2.24, 2.45) is 4.99 Å². The smallest absolute Gasteiger partial charge is 0.191 e. The van der Waals surface area contributed by atoms with Crippen LogP contribution in [0.15, 0.2) is 41.7 Å². The minimum Gasteiger partial charge on any atom is -0.383 e. The van der Waals surface area contributed by atoms with E-state index in [2.05, 4.69) is 56.4 Å². The van der Waals surface area contributed by atoms with Crippen LogP contribution in [0.4, 0.5) is 0 Å². The first-order valence-electron chi connectivity index (χ1n) is 8.14. The third-order valence-electron chi connectivity index (χ3n) is 3.75. The minimum absolute atomic E-state index is 0. The molecular weight excluding hydrogens is 429 g/mol. The van der Waals surface area contributed by atoms with Crippen molar-refractivity contribution in [3.8, 4) is 0 Å². The van der Waals surface area contributed by atoms with E-state index in [0.717, 1.165) is 24.9 Å². The number of benzene rings is 1. The van der Waals surface area contributed by atoms with Crippen LogP contribution in [0.25, 0.3) is 0 Å². The summed E-state index contributed by atoms with van der Waals surface area (Å²) in [5, 5.41) is 6.63. The number of aliphatic imine (C=N–C) groups is 1. The van der Waals surface area contributed by atoms with Gasteiger partial charge in [0.25, 0.3) is 0 Å². The van der Waals surface area contributed by atoms with Crippen LogP contribution in [0.2, 0.25) is 0 Å². The highest BCUT2D eigenvalue weighted by Crippen LogP contribution is 2.08. The molecule has 1 aromatic heterocycles. The maximum Gasteiger partial charge on any atom is 0.191 e. The highest BCUT2D eigenvalue weighted by molar-refractivity contribution is 14.0. The molecule has 0 fully saturated rings. The maximum absolute atomic E-state index is 5.13. The Bertz CT molecular complexity index is 671. The van der Waals surface area contributed by atoms with Gasteiger partial charge in [0.2, 0.25) is 0 Å². The predicted molar refractivity (Wildman–Crippen MR) is 113 cm³/mol. The fourth-order valence-corrected chi connectivity index (χ4v) is 2.51. The molecular formula is C18H28IN5O. The summed E-state index contributed by atoms with van der Waals surface area (Å²) in [4.78, 5) is 8.51. The molecule has 2 aromatic rings. The molecule has 138 valence electrons. The van der Waals surface area contributed by atoms with Crippen LogP contribution in [-0.2, 0) is 17.8 Å². The van der Waals surface area contributed by atoms with E-state index in [1.807, 2.05) is 19.3 Å². The van der Waals surface area contributed by atoms with Crippen LogP contribution >= 0.6 is 24.0 Å². The van der Waals surface area contributed by atoms with Gasteiger partial charge in [-0.2, -0.15) is 0 Å². The lowest BCUT2D eigenvalue weighted by Gasteiger charge is -2.17. The number of rotatable bonds is 7. The molecule has 0 aliphatic carbocycles. The first kappa shape index (κ1) is 21.4. The van der Waals surface area contributed by atoms with E-state index >= 15 is 0 Å². The third-order valence-corrected chi connectivity index (χ3v) is 3.75. The quantitative estimate of drug-likeness (QED) is 0.381. The molecule has 0 spiro atoms. The van der Waals surface area contributed by atoms with Crippen LogP contribution < -0.4 is 10.6 Å². The van der Waals surface area contributed by atoms with E-state index in [1.54, 1.807) is 14.2 Å². The molecule has 1 aromatic carbocycles. The third kappa shape index (κ3) is 7.03. The van der Waals surface area contributed by atoms with Crippen LogP contribution in [0.5, 0.6) is 0 Å². The average molecular weight is 457 g/mol. The van der Waals surface area contributed by atoms with E-state index in [-0.39, 0.29) is 30.0 Å². The Balaban J connectivity index is 0.00000312. The van der Waals surface area contributed by atoms with Gasteiger partial charge in [0.1, 0.15) is 5.82 Å². The number of hydrogen-bond donors (Lipinski definition) is 2. The molecule has 1 heterocycles. The molecule has 1 unspecified atom stereocenters. The van der Waals surface area contributed by atoms with E-state index in [0.29, 0.717) is 6.61 Å². The van der Waals surface area contributed by atoms with Gasteiger partial charge < -0.3 is 19.9 Å². The fraction of sp³-hybridized carbons (Fsp3) is 0.444. The molecule has 0 bridgehead atoms. The van der Waals surface area contributed by atoms with Crippen molar-refractivity contribution in [1.82, 2.24) is 20.2 Å². The summed E-state index contributed by atoms with van der Waals surface area (Å²) in [5.41, 5.74) is 2.47. The Morgan fingerprint density at radius 3 is 2.76 bits per heavy atom. The van der Waals surface area contributed by atoms with E-state index in [1.165, 1.54) is 11.1 Å². The lowest BCUT2D eigenvalue weighted by molar-refractivity contribution is 0.179. The molecule has 7 heteroatoms. The summed E-state index contributed by atoms with van der Waals surface area (Å²) in [7, 11) is 3.47. The molecule has 6 nitrogen and oxygen atoms in total. The fourth-order valence-electron chi connectivity index (χ4n) is 2.51. The Hall–Kier alpha value is -1.61. The lowest BCUT2D eigenvalue weighted by Crippen LogP contribution is -2.43. The zero-order chi connectivity index (χ0) is 17.4. The molecule has 2 N–H and O–H groups in total. The van der Waals surface area contributed by atoms with Gasteiger partial charge in [-0.3, -0.25) is 4.99 Å². The van der Waals surface area contributed by atoms with Gasteiger partial charge in [-0.05, 0) is 25.0 Å². The minimum atomic E-state index is 0. The normalized spacial score (nSPS) is 12.4. The van der Waals surface area contributed by atoms with Crippen molar-refractivity contribution in [2.75, 3.05) is 20.8 Å². The summed E-state index contributed by atoms with van der Waals surface area (Å²) < 4.78 is 7.27. The summed E-state index contributed by atoms with van der Waals surface area (Å²) in [6.07, 6.45) is 3.83. The number of ether oxygens (including phenoxy) is 1. The Morgan fingerprint density at radius 2 is 2.12 bits per heavy atom. The first-order valence-corrected chi connectivity index (χ1v) is 8.14. The highest BCUT2D eigenvalue weighted by Gasteiger charge is 2.05. The number of guanidine groups is 1. The molecule has 0 saturated carbocycles. The molecule has 2 rings (SSSR count). The monoisotopic (exact) mass is 457 g/mol. The van der Waals surface area contributed by atoms with Crippen molar-refractivity contribution < 1.29 is 4.74 Å². The second-order valence-electron chi connectivity index (χ2n) is 5.85. The van der Waals surface area contributed by atoms with Crippen molar-refractivity contribution in [1.29, 1.82) is 0 Å². The van der Waals surface area contributed by atoms with Crippen molar-refractivity contribution in [3.05, 3.63) is 53.6 Å². The molecule has 0 amide bonds. The van der Waals surface area contributed by atoms with Gasteiger partial charge in [-0.25, -0.2) is 4.98 Å². The van der Waals surface area contributed by atoms with E-state index < -0.39 is 0 Å². The number of nitrogens with zero attached hydrogens (tertiary/aromatic N) is 3. The molecule has 0 aliphatic rings. The van der Waals surface area contributed by atoms with Crippen molar-refractivity contribution in [2.45, 2.75) is 33.0 Å². The predicted octanol–water partition coefficient (Wildman–Crippen LogP) is 2.56. The van der Waals surface area contributed by atoms with Crippen LogP contribution in [0.3, 0.4) is 0 Å². The Kier molecular flexibility index (Phi) is 9.51. The number of aryl methyl sites for hydroxylation is 1. The number of hydrogen-bond acceptors (Lipinski definition) is 3. The van der Waals surface area contributed by atoms with Crippen LogP contribution in [0, 0.1) is 6.92 Å². The molecule has 25 heavy (non-hydrogen) atoms. The maximum atomic E-state index is 5.13. The van der Waals surface area contributed by atoms with Crippen LogP contribution in [0.1, 0.15) is 23.9 Å².